The molecule has 1 aromatic heterocycles. The van der Waals surface area contributed by atoms with Gasteiger partial charge in [0.1, 0.15) is 11.4 Å². The molecular formula is C14H15N3O2. The lowest BCUT2D eigenvalue weighted by molar-refractivity contribution is 0.102. The summed E-state index contributed by atoms with van der Waals surface area (Å²) in [4.78, 5) is 16.1. The summed E-state index contributed by atoms with van der Waals surface area (Å²) in [6, 6.07) is 8.70. The molecule has 1 aromatic carbocycles. The summed E-state index contributed by atoms with van der Waals surface area (Å²) in [5.74, 6) is 0.264. The van der Waals surface area contributed by atoms with Crippen LogP contribution in [0.4, 0.5) is 11.4 Å². The summed E-state index contributed by atoms with van der Waals surface area (Å²) in [6.07, 6.45) is 1.59. The molecule has 2 rings (SSSR count). The summed E-state index contributed by atoms with van der Waals surface area (Å²) in [5, 5.41) is 2.76. The minimum absolute atomic E-state index is 0.259. The number of nitrogens with one attached hydrogen (secondary N) is 1. The van der Waals surface area contributed by atoms with Gasteiger partial charge in [0.15, 0.2) is 0 Å². The summed E-state index contributed by atoms with van der Waals surface area (Å²) >= 11 is 0. The lowest BCUT2D eigenvalue weighted by atomic mass is 10.2. The van der Waals surface area contributed by atoms with Crippen LogP contribution in [-0.2, 0) is 0 Å². The third kappa shape index (κ3) is 2.82. The molecule has 2 aromatic rings. The first-order valence-corrected chi connectivity index (χ1v) is 5.78. The van der Waals surface area contributed by atoms with Gasteiger partial charge in [-0.15, -0.1) is 0 Å². The molecule has 0 unspecified atom stereocenters. The molecule has 0 saturated heterocycles. The molecule has 98 valence electrons. The van der Waals surface area contributed by atoms with E-state index in [1.807, 2.05) is 13.0 Å². The second-order valence-electron chi connectivity index (χ2n) is 4.08. The molecule has 0 aliphatic carbocycles. The van der Waals surface area contributed by atoms with Crippen molar-refractivity contribution in [3.05, 3.63) is 47.8 Å². The molecule has 0 bridgehead atoms. The lowest BCUT2D eigenvalue weighted by Crippen LogP contribution is -2.15. The van der Waals surface area contributed by atoms with Crippen molar-refractivity contribution in [3.63, 3.8) is 0 Å². The predicted octanol–water partition coefficient (Wildman–Crippen LogP) is 2.23. The molecule has 19 heavy (non-hydrogen) atoms. The van der Waals surface area contributed by atoms with Gasteiger partial charge in [0, 0.05) is 18.0 Å². The number of benzene rings is 1. The molecule has 3 N–H and O–H groups in total. The zero-order valence-corrected chi connectivity index (χ0v) is 10.8. The van der Waals surface area contributed by atoms with Gasteiger partial charge >= 0.3 is 0 Å². The number of pyridine rings is 1. The van der Waals surface area contributed by atoms with Crippen LogP contribution in [-0.4, -0.2) is 18.0 Å². The maximum Gasteiger partial charge on any atom is 0.274 e. The first kappa shape index (κ1) is 12.9. The van der Waals surface area contributed by atoms with E-state index >= 15 is 0 Å². The molecule has 0 radical (unpaired) electrons. The Labute approximate surface area is 111 Å². The number of hydrogen-bond acceptors (Lipinski definition) is 4. The van der Waals surface area contributed by atoms with Crippen molar-refractivity contribution >= 4 is 17.3 Å². The van der Waals surface area contributed by atoms with Crippen LogP contribution in [0, 0.1) is 6.92 Å². The van der Waals surface area contributed by atoms with Crippen molar-refractivity contribution in [2.24, 2.45) is 0 Å². The van der Waals surface area contributed by atoms with Crippen molar-refractivity contribution in [1.82, 2.24) is 4.98 Å². The number of carbonyl (C=O) groups excluding carboxylic acids is 1. The van der Waals surface area contributed by atoms with Gasteiger partial charge in [-0.05, 0) is 30.7 Å². The highest BCUT2D eigenvalue weighted by Gasteiger charge is 2.11. The van der Waals surface area contributed by atoms with E-state index in [4.69, 9.17) is 10.5 Å². The molecule has 0 fully saturated rings. The zero-order valence-electron chi connectivity index (χ0n) is 10.8. The van der Waals surface area contributed by atoms with Crippen LogP contribution in [0.5, 0.6) is 5.75 Å². The molecule has 0 saturated carbocycles. The van der Waals surface area contributed by atoms with E-state index in [0.717, 1.165) is 5.56 Å². The number of nitrogens with zero attached hydrogens (tertiary/aromatic N) is 1. The molecule has 0 atom stereocenters. The fourth-order valence-electron chi connectivity index (χ4n) is 1.70. The highest BCUT2D eigenvalue weighted by atomic mass is 16.5. The van der Waals surface area contributed by atoms with Gasteiger partial charge in [0.25, 0.3) is 5.91 Å². The number of hydrogen-bond donors (Lipinski definition) is 2. The topological polar surface area (TPSA) is 77.2 Å². The Hall–Kier alpha value is -2.56. The van der Waals surface area contributed by atoms with Gasteiger partial charge in [-0.2, -0.15) is 0 Å². The number of methoxy groups -OCH3 is 1. The molecule has 0 aliphatic rings. The molecule has 0 spiro atoms. The monoisotopic (exact) mass is 257 g/mol. The zero-order chi connectivity index (χ0) is 13.8. The number of anilines is 2. The molecule has 1 amide bonds. The smallest absolute Gasteiger partial charge is 0.274 e. The van der Waals surface area contributed by atoms with E-state index < -0.39 is 0 Å². The third-order valence-electron chi connectivity index (χ3n) is 2.72. The SMILES string of the molecule is COc1cc(NC(=O)c2ncccc2C)ccc1N. The predicted molar refractivity (Wildman–Crippen MR) is 74.3 cm³/mol. The second-order valence-corrected chi connectivity index (χ2v) is 4.08. The number of amides is 1. The fourth-order valence-corrected chi connectivity index (χ4v) is 1.70. The van der Waals surface area contributed by atoms with Crippen LogP contribution in [0.1, 0.15) is 16.1 Å². The Kier molecular flexibility index (Phi) is 3.66. The maximum atomic E-state index is 12.1. The number of nitrogen functional groups attached to an aromatic ring is 1. The van der Waals surface area contributed by atoms with E-state index in [1.54, 1.807) is 30.5 Å². The highest BCUT2D eigenvalue weighted by Crippen LogP contribution is 2.25. The van der Waals surface area contributed by atoms with Crippen molar-refractivity contribution in [1.29, 1.82) is 0 Å². The number of ether oxygens (including phenoxy) is 1. The maximum absolute atomic E-state index is 12.1. The quantitative estimate of drug-likeness (QED) is 0.827. The summed E-state index contributed by atoms with van der Waals surface area (Å²) in [6.45, 7) is 1.84. The minimum Gasteiger partial charge on any atom is -0.495 e. The van der Waals surface area contributed by atoms with Crippen LogP contribution in [0.25, 0.3) is 0 Å². The van der Waals surface area contributed by atoms with Crippen molar-refractivity contribution in [3.8, 4) is 5.75 Å². The largest absolute Gasteiger partial charge is 0.495 e. The van der Waals surface area contributed by atoms with Crippen LogP contribution < -0.4 is 15.8 Å². The minimum atomic E-state index is -0.259. The van der Waals surface area contributed by atoms with E-state index in [9.17, 15) is 4.79 Å². The van der Waals surface area contributed by atoms with Gasteiger partial charge in [0.05, 0.1) is 12.8 Å². The van der Waals surface area contributed by atoms with E-state index in [0.29, 0.717) is 22.8 Å². The first-order chi connectivity index (χ1) is 9.11. The van der Waals surface area contributed by atoms with Crippen molar-refractivity contribution < 1.29 is 9.53 Å². The molecular weight excluding hydrogens is 242 g/mol. The summed E-state index contributed by atoms with van der Waals surface area (Å²) in [5.41, 5.74) is 8.07. The standard InChI is InChI=1S/C14H15N3O2/c1-9-4-3-7-16-13(9)14(18)17-10-5-6-11(15)12(8-10)19-2/h3-8H,15H2,1-2H3,(H,17,18). The number of aromatic nitrogens is 1. The molecule has 5 nitrogen and oxygen atoms in total. The Morgan fingerprint density at radius 1 is 1.37 bits per heavy atom. The number of carbonyl (C=O) groups is 1. The van der Waals surface area contributed by atoms with E-state index in [2.05, 4.69) is 10.3 Å². The number of nitrogens with two attached hydrogens (primary N) is 1. The van der Waals surface area contributed by atoms with Gasteiger partial charge in [-0.3, -0.25) is 9.78 Å². The average Bonchev–Trinajstić information content (AvgIpc) is 2.41. The van der Waals surface area contributed by atoms with Gasteiger partial charge in [-0.1, -0.05) is 6.07 Å². The van der Waals surface area contributed by atoms with Crippen LogP contribution in [0.15, 0.2) is 36.5 Å². The van der Waals surface area contributed by atoms with E-state index in [1.165, 1.54) is 7.11 Å². The Morgan fingerprint density at radius 2 is 2.16 bits per heavy atom. The van der Waals surface area contributed by atoms with Gasteiger partial charge in [0.2, 0.25) is 0 Å². The van der Waals surface area contributed by atoms with Crippen LogP contribution in [0.2, 0.25) is 0 Å². The van der Waals surface area contributed by atoms with E-state index in [-0.39, 0.29) is 5.91 Å². The molecule has 0 aliphatic heterocycles. The second kappa shape index (κ2) is 5.39. The Morgan fingerprint density at radius 3 is 2.84 bits per heavy atom. The third-order valence-corrected chi connectivity index (χ3v) is 2.72. The number of aryl methyl sites for hydroxylation is 1. The van der Waals surface area contributed by atoms with Gasteiger partial charge in [-0.25, -0.2) is 0 Å². The van der Waals surface area contributed by atoms with Crippen LogP contribution >= 0.6 is 0 Å². The summed E-state index contributed by atoms with van der Waals surface area (Å²) < 4.78 is 5.10. The highest BCUT2D eigenvalue weighted by molar-refractivity contribution is 6.04. The Bertz CT molecular complexity index is 611. The fraction of sp³-hybridized carbons (Fsp3) is 0.143. The van der Waals surface area contributed by atoms with Crippen molar-refractivity contribution in [2.75, 3.05) is 18.2 Å². The van der Waals surface area contributed by atoms with Crippen LogP contribution in [0.3, 0.4) is 0 Å². The molecule has 5 heteroatoms. The number of rotatable bonds is 3. The normalized spacial score (nSPS) is 10.0. The summed E-state index contributed by atoms with van der Waals surface area (Å²) in [7, 11) is 1.53. The first-order valence-electron chi connectivity index (χ1n) is 5.78. The van der Waals surface area contributed by atoms with Gasteiger partial charge < -0.3 is 15.8 Å². The Balaban J connectivity index is 2.22. The average molecular weight is 257 g/mol. The molecule has 1 heterocycles. The lowest BCUT2D eigenvalue weighted by Gasteiger charge is -2.09. The van der Waals surface area contributed by atoms with Crippen molar-refractivity contribution in [2.45, 2.75) is 6.92 Å².